The third kappa shape index (κ3) is 2.01. The number of imidazole rings is 1. The van der Waals surface area contributed by atoms with Crippen molar-refractivity contribution >= 4 is 11.9 Å². The van der Waals surface area contributed by atoms with Crippen molar-refractivity contribution < 1.29 is 14.7 Å². The molecule has 17 heavy (non-hydrogen) atoms. The van der Waals surface area contributed by atoms with Gasteiger partial charge in [-0.25, -0.2) is 4.98 Å². The van der Waals surface area contributed by atoms with Crippen molar-refractivity contribution in [3.8, 4) is 0 Å². The smallest absolute Gasteiger partial charge is 0.325 e. The number of nitrogens with zero attached hydrogens (tertiary/aromatic N) is 3. The van der Waals surface area contributed by atoms with E-state index in [1.54, 1.807) is 17.8 Å². The Morgan fingerprint density at radius 2 is 2.29 bits per heavy atom. The van der Waals surface area contributed by atoms with Crippen LogP contribution in [-0.4, -0.2) is 50.1 Å². The molecule has 2 heterocycles. The Labute approximate surface area is 97.8 Å². The van der Waals surface area contributed by atoms with Crippen molar-refractivity contribution in [1.29, 1.82) is 0 Å². The normalized spacial score (nSPS) is 24.0. The Morgan fingerprint density at radius 3 is 2.76 bits per heavy atom. The fourth-order valence-electron chi connectivity index (χ4n) is 1.87. The first-order valence-electron chi connectivity index (χ1n) is 5.22. The highest BCUT2D eigenvalue weighted by Crippen LogP contribution is 2.20. The molecule has 0 aliphatic carbocycles. The average molecular weight is 238 g/mol. The zero-order valence-corrected chi connectivity index (χ0v) is 9.46. The first-order valence-corrected chi connectivity index (χ1v) is 5.22. The molecule has 1 fully saturated rings. The maximum Gasteiger partial charge on any atom is 0.325 e. The van der Waals surface area contributed by atoms with E-state index in [1.807, 2.05) is 0 Å². The molecule has 1 unspecified atom stereocenters. The van der Waals surface area contributed by atoms with Crippen molar-refractivity contribution in [2.45, 2.75) is 12.0 Å². The van der Waals surface area contributed by atoms with Crippen LogP contribution in [0.1, 0.15) is 16.9 Å². The fourth-order valence-corrected chi connectivity index (χ4v) is 1.87. The summed E-state index contributed by atoms with van der Waals surface area (Å²) >= 11 is 0. The van der Waals surface area contributed by atoms with Crippen molar-refractivity contribution in [3.63, 3.8) is 0 Å². The molecule has 92 valence electrons. The summed E-state index contributed by atoms with van der Waals surface area (Å²) in [5, 5.41) is 8.96. The van der Waals surface area contributed by atoms with Crippen LogP contribution in [0.5, 0.6) is 0 Å². The van der Waals surface area contributed by atoms with Crippen molar-refractivity contribution in [2.75, 3.05) is 13.1 Å². The molecule has 1 aromatic heterocycles. The van der Waals surface area contributed by atoms with Crippen molar-refractivity contribution in [2.24, 2.45) is 12.8 Å². The first-order chi connectivity index (χ1) is 7.92. The second-order valence-electron chi connectivity index (χ2n) is 4.36. The van der Waals surface area contributed by atoms with E-state index in [4.69, 9.17) is 10.8 Å². The molecule has 1 atom stereocenters. The number of likely N-dealkylation sites (tertiary alicyclic amines) is 1. The molecule has 0 saturated carbocycles. The molecule has 1 saturated heterocycles. The largest absolute Gasteiger partial charge is 0.480 e. The Morgan fingerprint density at radius 1 is 1.59 bits per heavy atom. The number of nitrogens with two attached hydrogens (primary N) is 1. The van der Waals surface area contributed by atoms with Gasteiger partial charge in [0.05, 0.1) is 6.33 Å². The van der Waals surface area contributed by atoms with E-state index < -0.39 is 11.5 Å². The maximum absolute atomic E-state index is 12.0. The molecule has 1 aliphatic rings. The molecular weight excluding hydrogens is 224 g/mol. The lowest BCUT2D eigenvalue weighted by molar-refractivity contribution is -0.142. The molecule has 1 amide bonds. The summed E-state index contributed by atoms with van der Waals surface area (Å²) in [6.07, 6.45) is 3.39. The Balaban J connectivity index is 2.11. The third-order valence-electron chi connectivity index (χ3n) is 2.94. The highest BCUT2D eigenvalue weighted by Gasteiger charge is 2.43. The molecule has 2 rings (SSSR count). The number of hydrogen-bond donors (Lipinski definition) is 2. The van der Waals surface area contributed by atoms with Crippen molar-refractivity contribution in [1.82, 2.24) is 14.5 Å². The molecule has 1 aromatic rings. The lowest BCUT2D eigenvalue weighted by Crippen LogP contribution is -2.50. The van der Waals surface area contributed by atoms with Crippen LogP contribution in [0.2, 0.25) is 0 Å². The summed E-state index contributed by atoms with van der Waals surface area (Å²) in [4.78, 5) is 28.3. The molecule has 0 aromatic carbocycles. The number of carboxylic acid groups (broad SMARTS) is 1. The summed E-state index contributed by atoms with van der Waals surface area (Å²) in [5.74, 6) is -1.35. The van der Waals surface area contributed by atoms with Gasteiger partial charge in [0.1, 0.15) is 11.2 Å². The number of hydrogen-bond acceptors (Lipinski definition) is 4. The minimum Gasteiger partial charge on any atom is -0.480 e. The molecule has 0 spiro atoms. The molecule has 1 aliphatic heterocycles. The van der Waals surface area contributed by atoms with Crippen LogP contribution in [0.25, 0.3) is 0 Å². The van der Waals surface area contributed by atoms with Gasteiger partial charge in [-0.1, -0.05) is 0 Å². The van der Waals surface area contributed by atoms with Gasteiger partial charge < -0.3 is 20.3 Å². The quantitative estimate of drug-likeness (QED) is 0.691. The summed E-state index contributed by atoms with van der Waals surface area (Å²) in [5.41, 5.74) is 4.67. The van der Waals surface area contributed by atoms with Crippen LogP contribution < -0.4 is 5.73 Å². The van der Waals surface area contributed by atoms with Gasteiger partial charge in [-0.2, -0.15) is 0 Å². The van der Waals surface area contributed by atoms with Gasteiger partial charge in [0, 0.05) is 26.3 Å². The van der Waals surface area contributed by atoms with E-state index in [1.165, 1.54) is 11.2 Å². The number of aliphatic carboxylic acids is 1. The topological polar surface area (TPSA) is 101 Å². The number of rotatable bonds is 2. The number of carboxylic acids is 1. The summed E-state index contributed by atoms with van der Waals surface area (Å²) in [7, 11) is 1.76. The van der Waals surface area contributed by atoms with Gasteiger partial charge in [0.25, 0.3) is 5.91 Å². The van der Waals surface area contributed by atoms with Crippen LogP contribution in [0.4, 0.5) is 0 Å². The van der Waals surface area contributed by atoms with Crippen LogP contribution >= 0.6 is 0 Å². The zero-order valence-electron chi connectivity index (χ0n) is 9.46. The highest BCUT2D eigenvalue weighted by molar-refractivity contribution is 5.93. The molecule has 3 N–H and O–H groups in total. The summed E-state index contributed by atoms with van der Waals surface area (Å²) < 4.78 is 1.66. The maximum atomic E-state index is 12.0. The van der Waals surface area contributed by atoms with Gasteiger partial charge in [-0.05, 0) is 6.42 Å². The number of amides is 1. The average Bonchev–Trinajstić information content (AvgIpc) is 2.85. The molecule has 0 radical (unpaired) electrons. The molecule has 0 bridgehead atoms. The molecule has 7 nitrogen and oxygen atoms in total. The minimum absolute atomic E-state index is 0.0255. The van der Waals surface area contributed by atoms with E-state index >= 15 is 0 Å². The van der Waals surface area contributed by atoms with Gasteiger partial charge in [-0.15, -0.1) is 0 Å². The first kappa shape index (κ1) is 11.6. The third-order valence-corrected chi connectivity index (χ3v) is 2.94. The Kier molecular flexibility index (Phi) is 2.62. The molecular formula is C10H14N4O3. The lowest BCUT2D eigenvalue weighted by atomic mass is 10.0. The van der Waals surface area contributed by atoms with Crippen LogP contribution in [-0.2, 0) is 11.8 Å². The molecule has 7 heteroatoms. The number of aryl methyl sites for hydroxylation is 1. The lowest BCUT2D eigenvalue weighted by Gasteiger charge is -2.19. The summed E-state index contributed by atoms with van der Waals surface area (Å²) in [6.45, 7) is 0.371. The van der Waals surface area contributed by atoms with Crippen LogP contribution in [0, 0.1) is 0 Å². The number of carbonyl (C=O) groups excluding carboxylic acids is 1. The number of carbonyl (C=O) groups is 2. The van der Waals surface area contributed by atoms with Gasteiger partial charge in [0.2, 0.25) is 0 Å². The Hall–Kier alpha value is -1.89. The number of aromatic nitrogens is 2. The Bertz CT molecular complexity index is 470. The van der Waals surface area contributed by atoms with Gasteiger partial charge in [-0.3, -0.25) is 9.59 Å². The predicted molar refractivity (Wildman–Crippen MR) is 58.3 cm³/mol. The van der Waals surface area contributed by atoms with E-state index in [2.05, 4.69) is 4.98 Å². The SMILES string of the molecule is Cn1cnc(C(=O)N2CCC(N)(C(=O)O)C2)c1. The van der Waals surface area contributed by atoms with Gasteiger partial charge in [0.15, 0.2) is 0 Å². The minimum atomic E-state index is -1.33. The van der Waals surface area contributed by atoms with E-state index in [9.17, 15) is 9.59 Å². The second-order valence-corrected chi connectivity index (χ2v) is 4.36. The second kappa shape index (κ2) is 3.85. The summed E-state index contributed by atoms with van der Waals surface area (Å²) in [6, 6.07) is 0. The van der Waals surface area contributed by atoms with Crippen molar-refractivity contribution in [3.05, 3.63) is 18.2 Å². The van der Waals surface area contributed by atoms with Crippen LogP contribution in [0.15, 0.2) is 12.5 Å². The predicted octanol–water partition coefficient (Wildman–Crippen LogP) is -0.952. The standard InChI is InChI=1S/C10H14N4O3/c1-13-4-7(12-6-13)8(15)14-3-2-10(11,5-14)9(16)17/h4,6H,2-3,5,11H2,1H3,(H,16,17). The highest BCUT2D eigenvalue weighted by atomic mass is 16.4. The zero-order chi connectivity index (χ0) is 12.6. The van der Waals surface area contributed by atoms with Crippen LogP contribution in [0.3, 0.4) is 0 Å². The van der Waals surface area contributed by atoms with E-state index in [-0.39, 0.29) is 18.9 Å². The monoisotopic (exact) mass is 238 g/mol. The van der Waals surface area contributed by atoms with Gasteiger partial charge >= 0.3 is 5.97 Å². The van der Waals surface area contributed by atoms with E-state index in [0.29, 0.717) is 12.2 Å². The fraction of sp³-hybridized carbons (Fsp3) is 0.500. The van der Waals surface area contributed by atoms with E-state index in [0.717, 1.165) is 0 Å².